The molecular formula is C68H65Br2FN18O7S3. The summed E-state index contributed by atoms with van der Waals surface area (Å²) < 4.78 is 20.7. The first-order valence-corrected chi connectivity index (χ1v) is 36.0. The van der Waals surface area contributed by atoms with Gasteiger partial charge in [0.05, 0.1) is 50.3 Å². The highest BCUT2D eigenvalue weighted by atomic mass is 79.9. The van der Waals surface area contributed by atoms with Crippen LogP contribution in [-0.4, -0.2) is 159 Å². The number of rotatable bonds is 11. The molecular weight excluding hydrogens is 1460 g/mol. The number of amides is 9. The van der Waals surface area contributed by atoms with Crippen molar-refractivity contribution in [3.05, 3.63) is 144 Å². The number of carbonyl (C=O) groups is 6. The minimum atomic E-state index is -0.425. The van der Waals surface area contributed by atoms with Crippen LogP contribution in [0.25, 0.3) is 30.6 Å². The van der Waals surface area contributed by atoms with Crippen molar-refractivity contribution in [2.75, 3.05) is 91.1 Å². The number of hydrogen-bond donors (Lipinski definition) is 6. The molecule has 0 aliphatic carbocycles. The van der Waals surface area contributed by atoms with Crippen LogP contribution in [0.5, 0.6) is 11.5 Å². The van der Waals surface area contributed by atoms with Gasteiger partial charge in [0, 0.05) is 27.1 Å². The second kappa shape index (κ2) is 28.2. The average molecular weight is 1520 g/mol. The maximum absolute atomic E-state index is 13.3. The van der Waals surface area contributed by atoms with Crippen molar-refractivity contribution in [1.82, 2.24) is 60.6 Å². The van der Waals surface area contributed by atoms with Crippen LogP contribution in [0.3, 0.4) is 0 Å². The molecule has 16 rings (SSSR count). The molecule has 0 spiro atoms. The first-order valence-electron chi connectivity index (χ1n) is 32.0. The van der Waals surface area contributed by atoms with E-state index in [4.69, 9.17) is 4.74 Å². The maximum Gasteiger partial charge on any atom is 0.332 e. The number of halogens is 3. The molecule has 4 aromatic carbocycles. The van der Waals surface area contributed by atoms with Gasteiger partial charge < -0.3 is 51.3 Å². The third kappa shape index (κ3) is 13.7. The van der Waals surface area contributed by atoms with Crippen LogP contribution in [0.2, 0.25) is 0 Å². The van der Waals surface area contributed by atoms with Gasteiger partial charge in [-0.1, -0.05) is 44.0 Å². The second-order valence-electron chi connectivity index (χ2n) is 24.9. The fraction of sp³-hybridized carbons (Fsp3) is 0.294. The quantitative estimate of drug-likeness (QED) is 0.0702. The Morgan fingerprint density at radius 1 is 0.485 bits per heavy atom. The minimum Gasteiger partial charge on any atom is -0.457 e. The van der Waals surface area contributed by atoms with Gasteiger partial charge in [-0.05, 0) is 197 Å². The largest absolute Gasteiger partial charge is 0.457 e. The van der Waals surface area contributed by atoms with Crippen LogP contribution < -0.4 is 51.3 Å². The summed E-state index contributed by atoms with van der Waals surface area (Å²) in [6, 6.07) is 23.3. The van der Waals surface area contributed by atoms with Gasteiger partial charge in [-0.3, -0.25) is 14.4 Å². The summed E-state index contributed by atoms with van der Waals surface area (Å²) >= 11 is 10.8. The molecule has 0 saturated carbocycles. The Morgan fingerprint density at radius 2 is 0.848 bits per heavy atom. The van der Waals surface area contributed by atoms with E-state index in [0.29, 0.717) is 103 Å². The normalized spacial score (nSPS) is 16.7. The Bertz CT molecular complexity index is 4840. The number of ether oxygens (including phenoxy) is 1. The summed E-state index contributed by atoms with van der Waals surface area (Å²) in [6.45, 7) is 9.61. The van der Waals surface area contributed by atoms with Crippen LogP contribution in [0, 0.1) is 19.7 Å². The van der Waals surface area contributed by atoms with Crippen molar-refractivity contribution in [3.63, 3.8) is 0 Å². The fourth-order valence-electron chi connectivity index (χ4n) is 12.6. The standard InChI is InChI=1S/C26H23FN6O3S.2C21H21BrN6O2S/c1-32-12-10-16(11-13-32)30-24(34)22-21-20-23(28-14-29-25(20)37-22)33(26(35)31-21)17-4-8-19(9-5-17)36-18-6-2-15(27)3-7-18;1-11-3-4-13(9-14(11)22)28-18-15-16(26-21(28)30)17(31-20(15)24-10-23-18)19(29)25-12-5-7-27(2)8-6-12;1-11-3-4-12(22)9-14(11)28-18-15-16(26-21(28)30)17(31-20(15)24-10-23-18)19(29)25-13-5-7-27(2)8-6-13/h2-9,14,16H,10-13H2,1H3,(H,30,34)(H,31,35);3-4,9-10,12H,5-8H2,1-2H3,(H,25,29)(H,26,30);3-4,9-10,13H,5-8H2,1-2H3,(H,25,29)(H,26,30). The van der Waals surface area contributed by atoms with Gasteiger partial charge in [-0.2, -0.15) is 0 Å². The lowest BCUT2D eigenvalue weighted by Gasteiger charge is -2.30. The van der Waals surface area contributed by atoms with Crippen LogP contribution >= 0.6 is 65.9 Å². The average Bonchev–Trinajstić information content (AvgIpc) is 1.65. The Balaban J connectivity index is 0.000000127. The number of urea groups is 3. The lowest BCUT2D eigenvalue weighted by molar-refractivity contribution is 0.0913. The predicted octanol–water partition coefficient (Wildman–Crippen LogP) is 13.7. The van der Waals surface area contributed by atoms with Crippen molar-refractivity contribution in [3.8, 4) is 11.5 Å². The molecule has 3 saturated heterocycles. The summed E-state index contributed by atoms with van der Waals surface area (Å²) in [5.41, 5.74) is 5.41. The summed E-state index contributed by atoms with van der Waals surface area (Å²) in [7, 11) is 6.24. The van der Waals surface area contributed by atoms with Crippen LogP contribution in [0.15, 0.2) is 113 Å². The molecule has 31 heteroatoms. The number of likely N-dealkylation sites (tertiary alicyclic amines) is 3. The molecule has 9 amide bonds. The molecule has 6 N–H and O–H groups in total. The number of carbonyl (C=O) groups excluding carboxylic acids is 6. The molecule has 0 radical (unpaired) electrons. The van der Waals surface area contributed by atoms with Gasteiger partial charge >= 0.3 is 18.1 Å². The van der Waals surface area contributed by atoms with Gasteiger partial charge in [0.1, 0.15) is 65.4 Å². The molecule has 25 nitrogen and oxygen atoms in total. The van der Waals surface area contributed by atoms with Gasteiger partial charge in [-0.25, -0.2) is 63.4 Å². The van der Waals surface area contributed by atoms with E-state index in [9.17, 15) is 33.2 Å². The highest BCUT2D eigenvalue weighted by molar-refractivity contribution is 9.10. The van der Waals surface area contributed by atoms with E-state index in [1.807, 2.05) is 50.2 Å². The van der Waals surface area contributed by atoms with E-state index < -0.39 is 6.03 Å². The molecule has 508 valence electrons. The number of nitrogens with one attached hydrogen (secondary N) is 6. The Labute approximate surface area is 595 Å². The van der Waals surface area contributed by atoms with E-state index in [0.717, 1.165) is 104 Å². The Hall–Kier alpha value is -9.21. The van der Waals surface area contributed by atoms with Gasteiger partial charge in [-0.15, -0.1) is 34.0 Å². The van der Waals surface area contributed by atoms with E-state index >= 15 is 0 Å². The number of anilines is 9. The molecule has 3 fully saturated rings. The highest BCUT2D eigenvalue weighted by Gasteiger charge is 2.39. The molecule has 6 aliphatic rings. The van der Waals surface area contributed by atoms with Gasteiger partial charge in [0.25, 0.3) is 17.7 Å². The van der Waals surface area contributed by atoms with Crippen LogP contribution in [0.1, 0.15) is 78.7 Å². The van der Waals surface area contributed by atoms with Crippen LogP contribution in [-0.2, 0) is 0 Å². The minimum absolute atomic E-state index is 0.0955. The molecule has 0 unspecified atom stereocenters. The SMILES string of the molecule is CN1CCC(NC(=O)c2sc3ncnc4c3c2NC(=O)N4c2ccc(Oc3ccc(F)cc3)cc2)CC1.Cc1ccc(Br)cc1N1C(=O)Nc2c(C(=O)NC3CCN(C)CC3)sc3ncnc1c23.Cc1ccc(N2C(=O)Nc3c(C(=O)NC4CCN(C)CC4)sc4ncnc2c34)cc1Br. The van der Waals surface area contributed by atoms with Crippen molar-refractivity contribution in [2.45, 2.75) is 70.5 Å². The molecule has 99 heavy (non-hydrogen) atoms. The smallest absolute Gasteiger partial charge is 0.332 e. The topological polar surface area (TPSA) is 281 Å². The monoisotopic (exact) mass is 1520 g/mol. The molecule has 10 aromatic rings. The first kappa shape index (κ1) is 67.0. The zero-order chi connectivity index (χ0) is 68.9. The summed E-state index contributed by atoms with van der Waals surface area (Å²) in [4.78, 5) is 120. The number of aryl methyl sites for hydroxylation is 2. The van der Waals surface area contributed by atoms with Crippen LogP contribution in [0.4, 0.5) is 70.4 Å². The predicted molar refractivity (Wildman–Crippen MR) is 390 cm³/mol. The van der Waals surface area contributed by atoms with Crippen molar-refractivity contribution >= 4 is 184 Å². The number of nitrogens with zero attached hydrogens (tertiary/aromatic N) is 12. The first-order chi connectivity index (χ1) is 47.8. The third-order valence-electron chi connectivity index (χ3n) is 18.1. The third-order valence-corrected chi connectivity index (χ3v) is 22.7. The number of hydrogen-bond acceptors (Lipinski definition) is 19. The van der Waals surface area contributed by atoms with Crippen molar-refractivity contribution in [1.29, 1.82) is 0 Å². The van der Waals surface area contributed by atoms with Crippen molar-refractivity contribution < 1.29 is 37.9 Å². The number of piperidine rings is 3. The van der Waals surface area contributed by atoms with Gasteiger partial charge in [0.2, 0.25) is 0 Å². The number of aromatic nitrogens is 6. The number of thiophene rings is 3. The lowest BCUT2D eigenvalue weighted by Crippen LogP contribution is -2.43. The van der Waals surface area contributed by atoms with Crippen molar-refractivity contribution in [2.24, 2.45) is 0 Å². The lowest BCUT2D eigenvalue weighted by atomic mass is 10.1. The fourth-order valence-corrected chi connectivity index (χ4v) is 16.3. The summed E-state index contributed by atoms with van der Waals surface area (Å²) in [5, 5.41) is 20.1. The zero-order valence-corrected chi connectivity index (χ0v) is 59.7. The van der Waals surface area contributed by atoms with Gasteiger partial charge in [0.15, 0.2) is 17.5 Å². The highest BCUT2D eigenvalue weighted by Crippen LogP contribution is 2.49. The Kier molecular flexibility index (Phi) is 19.1. The second-order valence-corrected chi connectivity index (χ2v) is 29.7. The summed E-state index contributed by atoms with van der Waals surface area (Å²) in [5.74, 6) is 1.50. The molecule has 12 heterocycles. The van der Waals surface area contributed by atoms with E-state index in [-0.39, 0.29) is 53.7 Å². The van der Waals surface area contributed by atoms with E-state index in [2.05, 4.69) is 130 Å². The molecule has 0 atom stereocenters. The Morgan fingerprint density at radius 3 is 1.26 bits per heavy atom. The molecule has 6 aromatic heterocycles. The van der Waals surface area contributed by atoms with E-state index in [1.54, 1.807) is 29.2 Å². The molecule has 6 aliphatic heterocycles. The van der Waals surface area contributed by atoms with E-state index in [1.165, 1.54) is 87.1 Å². The summed E-state index contributed by atoms with van der Waals surface area (Å²) in [6.07, 6.45) is 9.69. The zero-order valence-electron chi connectivity index (χ0n) is 54.1. The maximum atomic E-state index is 13.3. The molecule has 0 bridgehead atoms. The number of benzene rings is 4.